The number of aromatic nitrogens is 2. The van der Waals surface area contributed by atoms with Crippen molar-refractivity contribution in [1.29, 1.82) is 0 Å². The number of pyridine rings is 1. The number of hydrogen-bond donors (Lipinski definition) is 1. The fourth-order valence-corrected chi connectivity index (χ4v) is 4.48. The number of nitrogens with zero attached hydrogens (tertiary/aromatic N) is 3. The molecule has 6 nitrogen and oxygen atoms in total. The molecular formula is C25H32N4O2S. The van der Waals surface area contributed by atoms with E-state index >= 15 is 0 Å². The molecule has 2 heterocycles. The molecule has 7 heteroatoms. The smallest absolute Gasteiger partial charge is 0.257 e. The molecule has 2 aromatic heterocycles. The van der Waals surface area contributed by atoms with Crippen LogP contribution < -0.4 is 10.7 Å². The van der Waals surface area contributed by atoms with Crippen LogP contribution in [0, 0.1) is 13.8 Å². The minimum atomic E-state index is -0.338. The van der Waals surface area contributed by atoms with Gasteiger partial charge in [0, 0.05) is 35.9 Å². The van der Waals surface area contributed by atoms with Gasteiger partial charge in [-0.05, 0) is 53.3 Å². The first-order valence-corrected chi connectivity index (χ1v) is 11.8. The number of rotatable bonds is 9. The SMILES string of the molecule is Cc1nc(C(C)NC(=O)c2c(CCc3ccccc3)n(CCN(C)C)c(C)cc2=O)cs1. The van der Waals surface area contributed by atoms with Gasteiger partial charge in [0.25, 0.3) is 5.91 Å². The van der Waals surface area contributed by atoms with Gasteiger partial charge >= 0.3 is 0 Å². The Morgan fingerprint density at radius 2 is 1.91 bits per heavy atom. The van der Waals surface area contributed by atoms with E-state index in [-0.39, 0.29) is 22.9 Å². The Morgan fingerprint density at radius 3 is 2.53 bits per heavy atom. The predicted octanol–water partition coefficient (Wildman–Crippen LogP) is 3.76. The summed E-state index contributed by atoms with van der Waals surface area (Å²) in [6.45, 7) is 7.30. The van der Waals surface area contributed by atoms with Crippen LogP contribution in [-0.4, -0.2) is 41.0 Å². The topological polar surface area (TPSA) is 67.2 Å². The number of amides is 1. The van der Waals surface area contributed by atoms with Crippen LogP contribution in [0.25, 0.3) is 0 Å². The van der Waals surface area contributed by atoms with Gasteiger partial charge in [-0.15, -0.1) is 11.3 Å². The highest BCUT2D eigenvalue weighted by molar-refractivity contribution is 7.09. The average molecular weight is 453 g/mol. The molecule has 3 aromatic rings. The van der Waals surface area contributed by atoms with Gasteiger partial charge in [0.05, 0.1) is 16.7 Å². The van der Waals surface area contributed by atoms with Crippen LogP contribution in [0.4, 0.5) is 0 Å². The maximum atomic E-state index is 13.3. The van der Waals surface area contributed by atoms with E-state index < -0.39 is 0 Å². The van der Waals surface area contributed by atoms with E-state index in [9.17, 15) is 9.59 Å². The highest BCUT2D eigenvalue weighted by atomic mass is 32.1. The number of aryl methyl sites for hydroxylation is 3. The molecule has 32 heavy (non-hydrogen) atoms. The van der Waals surface area contributed by atoms with Crippen molar-refractivity contribution in [2.75, 3.05) is 20.6 Å². The van der Waals surface area contributed by atoms with Crippen LogP contribution in [0.3, 0.4) is 0 Å². The largest absolute Gasteiger partial charge is 0.347 e. The minimum absolute atomic E-state index is 0.231. The number of carbonyl (C=O) groups is 1. The van der Waals surface area contributed by atoms with Gasteiger partial charge in [0.1, 0.15) is 5.56 Å². The van der Waals surface area contributed by atoms with Crippen molar-refractivity contribution in [2.24, 2.45) is 0 Å². The van der Waals surface area contributed by atoms with E-state index in [1.54, 1.807) is 17.4 Å². The van der Waals surface area contributed by atoms with Crippen molar-refractivity contribution in [3.8, 4) is 0 Å². The molecule has 0 saturated carbocycles. The van der Waals surface area contributed by atoms with E-state index in [1.807, 2.05) is 58.4 Å². The van der Waals surface area contributed by atoms with E-state index in [0.717, 1.165) is 35.1 Å². The molecule has 1 amide bonds. The number of carbonyl (C=O) groups excluding carboxylic acids is 1. The molecular weight excluding hydrogens is 420 g/mol. The van der Waals surface area contributed by atoms with Gasteiger partial charge < -0.3 is 14.8 Å². The Labute approximate surface area is 193 Å². The van der Waals surface area contributed by atoms with E-state index in [2.05, 4.69) is 31.9 Å². The number of hydrogen-bond acceptors (Lipinski definition) is 5. The molecule has 0 spiro atoms. The summed E-state index contributed by atoms with van der Waals surface area (Å²) in [5.41, 5.74) is 3.67. The lowest BCUT2D eigenvalue weighted by atomic mass is 10.0. The van der Waals surface area contributed by atoms with Gasteiger partial charge in [0.2, 0.25) is 0 Å². The summed E-state index contributed by atoms with van der Waals surface area (Å²) in [5, 5.41) is 5.89. The van der Waals surface area contributed by atoms with Crippen LogP contribution in [0.2, 0.25) is 0 Å². The quantitative estimate of drug-likeness (QED) is 0.537. The van der Waals surface area contributed by atoms with E-state index in [1.165, 1.54) is 5.56 Å². The molecule has 1 unspecified atom stereocenters. The molecule has 0 fully saturated rings. The lowest BCUT2D eigenvalue weighted by Crippen LogP contribution is -2.35. The number of likely N-dealkylation sites (N-methyl/N-ethyl adjacent to an activating group) is 1. The monoisotopic (exact) mass is 452 g/mol. The molecule has 1 N–H and O–H groups in total. The third-order valence-electron chi connectivity index (χ3n) is 5.55. The van der Waals surface area contributed by atoms with Crippen molar-refractivity contribution < 1.29 is 4.79 Å². The number of nitrogens with one attached hydrogen (secondary N) is 1. The van der Waals surface area contributed by atoms with E-state index in [0.29, 0.717) is 13.0 Å². The molecule has 0 aliphatic carbocycles. The summed E-state index contributed by atoms with van der Waals surface area (Å²) in [4.78, 5) is 32.9. The van der Waals surface area contributed by atoms with Gasteiger partial charge in [-0.1, -0.05) is 30.3 Å². The van der Waals surface area contributed by atoms with E-state index in [4.69, 9.17) is 0 Å². The lowest BCUT2D eigenvalue weighted by Gasteiger charge is -2.22. The molecule has 3 rings (SSSR count). The fraction of sp³-hybridized carbons (Fsp3) is 0.400. The second-order valence-electron chi connectivity index (χ2n) is 8.40. The minimum Gasteiger partial charge on any atom is -0.347 e. The summed E-state index contributed by atoms with van der Waals surface area (Å²) in [7, 11) is 4.04. The Morgan fingerprint density at radius 1 is 1.19 bits per heavy atom. The predicted molar refractivity (Wildman–Crippen MR) is 131 cm³/mol. The first kappa shape index (κ1) is 23.9. The summed E-state index contributed by atoms with van der Waals surface area (Å²) in [6, 6.07) is 11.5. The first-order chi connectivity index (χ1) is 15.3. The van der Waals surface area contributed by atoms with Crippen LogP contribution in [-0.2, 0) is 19.4 Å². The maximum Gasteiger partial charge on any atom is 0.257 e. The molecule has 0 radical (unpaired) electrons. The highest BCUT2D eigenvalue weighted by Crippen LogP contribution is 2.18. The summed E-state index contributed by atoms with van der Waals surface area (Å²) >= 11 is 1.55. The maximum absolute atomic E-state index is 13.3. The summed E-state index contributed by atoms with van der Waals surface area (Å²) < 4.78 is 2.12. The number of thiazole rings is 1. The average Bonchev–Trinajstić information content (AvgIpc) is 3.18. The van der Waals surface area contributed by atoms with Gasteiger partial charge in [0.15, 0.2) is 5.43 Å². The van der Waals surface area contributed by atoms with Crippen molar-refractivity contribution in [3.63, 3.8) is 0 Å². The first-order valence-electron chi connectivity index (χ1n) is 10.9. The van der Waals surface area contributed by atoms with Crippen molar-refractivity contribution in [1.82, 2.24) is 19.8 Å². The third kappa shape index (κ3) is 5.93. The Bertz CT molecular complexity index is 1120. The molecule has 0 saturated heterocycles. The van der Waals surface area contributed by atoms with Gasteiger partial charge in [-0.25, -0.2) is 4.98 Å². The van der Waals surface area contributed by atoms with Crippen LogP contribution in [0.1, 0.15) is 51.0 Å². The molecule has 0 aliphatic rings. The normalized spacial score (nSPS) is 12.2. The van der Waals surface area contributed by atoms with Crippen LogP contribution >= 0.6 is 11.3 Å². The second kappa shape index (κ2) is 10.7. The van der Waals surface area contributed by atoms with Crippen molar-refractivity contribution in [2.45, 2.75) is 46.2 Å². The molecule has 0 bridgehead atoms. The fourth-order valence-electron chi connectivity index (χ4n) is 3.77. The summed E-state index contributed by atoms with van der Waals surface area (Å²) in [6.07, 6.45) is 1.37. The van der Waals surface area contributed by atoms with Crippen molar-refractivity contribution >= 4 is 17.2 Å². The van der Waals surface area contributed by atoms with Gasteiger partial charge in [-0.2, -0.15) is 0 Å². The van der Waals surface area contributed by atoms with Crippen molar-refractivity contribution in [3.05, 3.63) is 85.2 Å². The standard InChI is InChI=1S/C25H32N4O2S/c1-17-15-23(30)24(25(31)26-18(2)21-16-32-19(3)27-21)22(29(17)14-13-28(4)5)12-11-20-9-7-6-8-10-20/h6-10,15-16,18H,11-14H2,1-5H3,(H,26,31). The Kier molecular flexibility index (Phi) is 7.99. The third-order valence-corrected chi connectivity index (χ3v) is 6.34. The second-order valence-corrected chi connectivity index (χ2v) is 9.46. The molecule has 1 aromatic carbocycles. The lowest BCUT2D eigenvalue weighted by molar-refractivity contribution is 0.0936. The zero-order valence-corrected chi connectivity index (χ0v) is 20.3. The Balaban J connectivity index is 1.97. The van der Waals surface area contributed by atoms with Crippen LogP contribution in [0.15, 0.2) is 46.6 Å². The number of benzene rings is 1. The molecule has 1 atom stereocenters. The zero-order valence-electron chi connectivity index (χ0n) is 19.5. The molecule has 170 valence electrons. The van der Waals surface area contributed by atoms with Crippen LogP contribution in [0.5, 0.6) is 0 Å². The highest BCUT2D eigenvalue weighted by Gasteiger charge is 2.22. The summed E-state index contributed by atoms with van der Waals surface area (Å²) in [5.74, 6) is -0.338. The Hall–Kier alpha value is -2.77. The molecule has 0 aliphatic heterocycles. The van der Waals surface area contributed by atoms with Gasteiger partial charge in [-0.3, -0.25) is 9.59 Å². The zero-order chi connectivity index (χ0) is 23.3.